The van der Waals surface area contributed by atoms with Crippen LogP contribution in [0.3, 0.4) is 0 Å². The number of hydrazine groups is 1. The monoisotopic (exact) mass is 365 g/mol. The van der Waals surface area contributed by atoms with Crippen molar-refractivity contribution in [2.24, 2.45) is 5.92 Å². The van der Waals surface area contributed by atoms with Crippen molar-refractivity contribution < 1.29 is 14.8 Å². The third-order valence-corrected chi connectivity index (χ3v) is 4.90. The van der Waals surface area contributed by atoms with Gasteiger partial charge >= 0.3 is 11.7 Å². The number of nitro groups is 1. The lowest BCUT2D eigenvalue weighted by Gasteiger charge is -2.33. The molecule has 2 aliphatic heterocycles. The fourth-order valence-electron chi connectivity index (χ4n) is 3.26. The third-order valence-electron chi connectivity index (χ3n) is 4.90. The molecule has 11 heteroatoms. The number of hydrogen-bond donors (Lipinski definition) is 2. The topological polar surface area (TPSA) is 128 Å². The normalized spacial score (nSPS) is 20.1. The van der Waals surface area contributed by atoms with Gasteiger partial charge in [-0.3, -0.25) is 20.3 Å². The number of rotatable bonds is 5. The fraction of sp³-hybridized carbons (Fsp3) is 0.667. The Morgan fingerprint density at radius 3 is 2.46 bits per heavy atom. The summed E-state index contributed by atoms with van der Waals surface area (Å²) < 4.78 is 0. The Morgan fingerprint density at radius 2 is 1.88 bits per heavy atom. The molecule has 0 bridgehead atoms. The van der Waals surface area contributed by atoms with Crippen LogP contribution in [0.15, 0.2) is 6.33 Å². The average molecular weight is 365 g/mol. The lowest BCUT2D eigenvalue weighted by atomic mass is 9.97. The smallest absolute Gasteiger partial charge is 0.354 e. The van der Waals surface area contributed by atoms with Crippen LogP contribution in [0.2, 0.25) is 0 Å². The first kappa shape index (κ1) is 18.3. The van der Waals surface area contributed by atoms with Gasteiger partial charge in [-0.05, 0) is 19.9 Å². The Labute approximate surface area is 150 Å². The lowest BCUT2D eigenvalue weighted by Crippen LogP contribution is -2.47. The number of nitrogens with zero attached hydrogens (tertiary/aromatic N) is 6. The van der Waals surface area contributed by atoms with Gasteiger partial charge in [0.1, 0.15) is 6.33 Å². The first-order chi connectivity index (χ1) is 12.5. The Hall–Kier alpha value is -2.53. The minimum atomic E-state index is -0.820. The number of aromatic nitrogens is 2. The molecule has 142 valence electrons. The summed E-state index contributed by atoms with van der Waals surface area (Å²) in [5.41, 5.74) is 2.88. The van der Waals surface area contributed by atoms with Gasteiger partial charge in [-0.25, -0.2) is 15.0 Å². The van der Waals surface area contributed by atoms with E-state index in [1.807, 2.05) is 12.1 Å². The first-order valence-corrected chi connectivity index (χ1v) is 8.63. The van der Waals surface area contributed by atoms with Crippen LogP contribution in [0.25, 0.3) is 0 Å². The molecular weight excluding hydrogens is 342 g/mol. The molecule has 0 aromatic carbocycles. The summed E-state index contributed by atoms with van der Waals surface area (Å²) in [5, 5.41) is 22.7. The van der Waals surface area contributed by atoms with E-state index in [1.54, 1.807) is 4.90 Å². The van der Waals surface area contributed by atoms with Crippen LogP contribution in [-0.4, -0.2) is 82.2 Å². The molecule has 0 spiro atoms. The van der Waals surface area contributed by atoms with E-state index in [0.29, 0.717) is 25.9 Å². The summed E-state index contributed by atoms with van der Waals surface area (Å²) in [6.45, 7) is 4.03. The fourth-order valence-corrected chi connectivity index (χ4v) is 3.26. The zero-order chi connectivity index (χ0) is 18.7. The Kier molecular flexibility index (Phi) is 5.47. The Balaban J connectivity index is 1.78. The number of carboxylic acids is 1. The molecule has 26 heavy (non-hydrogen) atoms. The molecule has 1 aromatic rings. The molecular formula is C15H23N7O4. The van der Waals surface area contributed by atoms with Gasteiger partial charge in [0.25, 0.3) is 0 Å². The number of piperidine rings is 1. The maximum Gasteiger partial charge on any atom is 0.354 e. The van der Waals surface area contributed by atoms with E-state index in [1.165, 1.54) is 6.33 Å². The van der Waals surface area contributed by atoms with Crippen molar-refractivity contribution in [1.82, 2.24) is 19.9 Å². The predicted molar refractivity (Wildman–Crippen MR) is 94.0 cm³/mol. The van der Waals surface area contributed by atoms with Crippen molar-refractivity contribution in [3.63, 3.8) is 0 Å². The summed E-state index contributed by atoms with van der Waals surface area (Å²) in [7, 11) is 2.03. The van der Waals surface area contributed by atoms with E-state index in [2.05, 4.69) is 20.3 Å². The van der Waals surface area contributed by atoms with Gasteiger partial charge < -0.3 is 14.9 Å². The van der Waals surface area contributed by atoms with Crippen LogP contribution in [0.5, 0.6) is 0 Å². The van der Waals surface area contributed by atoms with Gasteiger partial charge in [-0.1, -0.05) is 0 Å². The van der Waals surface area contributed by atoms with Crippen LogP contribution in [0, 0.1) is 16.0 Å². The van der Waals surface area contributed by atoms with Crippen LogP contribution >= 0.6 is 0 Å². The minimum absolute atomic E-state index is 0.166. The van der Waals surface area contributed by atoms with Crippen molar-refractivity contribution in [1.29, 1.82) is 0 Å². The molecule has 1 aromatic heterocycles. The quantitative estimate of drug-likeness (QED) is 0.554. The van der Waals surface area contributed by atoms with Gasteiger partial charge in [0.15, 0.2) is 0 Å². The van der Waals surface area contributed by atoms with Crippen LogP contribution in [0.4, 0.5) is 17.3 Å². The molecule has 3 rings (SSSR count). The van der Waals surface area contributed by atoms with Crippen molar-refractivity contribution in [3.05, 3.63) is 16.4 Å². The highest BCUT2D eigenvalue weighted by molar-refractivity contribution is 5.72. The average Bonchev–Trinajstić information content (AvgIpc) is 2.63. The highest BCUT2D eigenvalue weighted by Crippen LogP contribution is 2.34. The second-order valence-electron chi connectivity index (χ2n) is 6.65. The number of nitrogens with one attached hydrogen (secondary N) is 1. The van der Waals surface area contributed by atoms with E-state index >= 15 is 0 Å². The summed E-state index contributed by atoms with van der Waals surface area (Å²) in [6, 6.07) is 0. The first-order valence-electron chi connectivity index (χ1n) is 8.63. The van der Waals surface area contributed by atoms with E-state index < -0.39 is 16.8 Å². The zero-order valence-electron chi connectivity index (χ0n) is 14.7. The lowest BCUT2D eigenvalue weighted by molar-refractivity contribution is -0.383. The van der Waals surface area contributed by atoms with Crippen molar-refractivity contribution in [3.8, 4) is 0 Å². The zero-order valence-corrected chi connectivity index (χ0v) is 14.7. The Bertz CT molecular complexity index is 670. The summed E-state index contributed by atoms with van der Waals surface area (Å²) in [4.78, 5) is 34.5. The number of carbonyl (C=O) groups is 1. The third kappa shape index (κ3) is 3.99. The Morgan fingerprint density at radius 1 is 1.23 bits per heavy atom. The number of likely N-dealkylation sites (N-methyl/N-ethyl adjacent to an activating group) is 1. The molecule has 0 amide bonds. The van der Waals surface area contributed by atoms with Gasteiger partial charge in [0.2, 0.25) is 11.6 Å². The van der Waals surface area contributed by atoms with E-state index in [4.69, 9.17) is 5.11 Å². The number of aliphatic carboxylic acids is 1. The molecule has 2 aliphatic rings. The van der Waals surface area contributed by atoms with E-state index in [-0.39, 0.29) is 17.3 Å². The maximum absolute atomic E-state index is 11.7. The summed E-state index contributed by atoms with van der Waals surface area (Å²) in [5.74, 6) is -0.815. The number of hydrogen-bond acceptors (Lipinski definition) is 9. The second-order valence-corrected chi connectivity index (χ2v) is 6.65. The molecule has 2 saturated heterocycles. The second kappa shape index (κ2) is 7.79. The van der Waals surface area contributed by atoms with Crippen LogP contribution in [0.1, 0.15) is 12.8 Å². The number of carboxylic acid groups (broad SMARTS) is 1. The van der Waals surface area contributed by atoms with Gasteiger partial charge in [0, 0.05) is 39.3 Å². The van der Waals surface area contributed by atoms with Crippen LogP contribution in [-0.2, 0) is 4.79 Å². The molecule has 0 atom stereocenters. The molecule has 2 fully saturated rings. The molecule has 0 unspecified atom stereocenters. The van der Waals surface area contributed by atoms with Gasteiger partial charge in [-0.2, -0.15) is 0 Å². The molecule has 0 radical (unpaired) electrons. The van der Waals surface area contributed by atoms with Crippen molar-refractivity contribution >= 4 is 23.3 Å². The molecule has 11 nitrogen and oxygen atoms in total. The summed E-state index contributed by atoms with van der Waals surface area (Å²) >= 11 is 0. The molecule has 2 N–H and O–H groups in total. The van der Waals surface area contributed by atoms with Gasteiger partial charge in [0.05, 0.1) is 10.8 Å². The van der Waals surface area contributed by atoms with E-state index in [9.17, 15) is 14.9 Å². The maximum atomic E-state index is 11.7. The molecule has 0 aliphatic carbocycles. The highest BCUT2D eigenvalue weighted by atomic mass is 16.6. The standard InChI is InChI=1S/C15H23N7O4/c1-19-6-8-21(9-7-19)18-13-12(22(25)26)14(17-10-16-13)20-4-2-11(3-5-20)15(23)24/h10-11H,2-9H2,1H3,(H,23,24)(H,16,17,18). The summed E-state index contributed by atoms with van der Waals surface area (Å²) in [6.07, 6.45) is 2.19. The SMILES string of the molecule is CN1CCN(Nc2ncnc(N3CCC(C(=O)O)CC3)c2[N+](=O)[O-])CC1. The molecule has 0 saturated carbocycles. The largest absolute Gasteiger partial charge is 0.481 e. The van der Waals surface area contributed by atoms with Gasteiger partial charge in [-0.15, -0.1) is 0 Å². The van der Waals surface area contributed by atoms with Crippen molar-refractivity contribution in [2.45, 2.75) is 12.8 Å². The highest BCUT2D eigenvalue weighted by Gasteiger charge is 2.32. The van der Waals surface area contributed by atoms with Crippen LogP contribution < -0.4 is 10.3 Å². The molecule has 3 heterocycles. The number of anilines is 2. The predicted octanol–water partition coefficient (Wildman–Crippen LogP) is 0.260. The van der Waals surface area contributed by atoms with Crippen molar-refractivity contribution in [2.75, 3.05) is 56.6 Å². The van der Waals surface area contributed by atoms with E-state index in [0.717, 1.165) is 26.2 Å². The minimum Gasteiger partial charge on any atom is -0.481 e. The number of piperazine rings is 1.